The zero-order valence-corrected chi connectivity index (χ0v) is 14.1. The van der Waals surface area contributed by atoms with Crippen LogP contribution in [0.1, 0.15) is 63.1 Å². The Morgan fingerprint density at radius 1 is 1.00 bits per heavy atom. The van der Waals surface area contributed by atoms with E-state index in [-0.39, 0.29) is 0 Å². The Morgan fingerprint density at radius 3 is 2.25 bits per heavy atom. The van der Waals surface area contributed by atoms with E-state index in [4.69, 9.17) is 0 Å². The maximum absolute atomic E-state index is 3.75. The highest BCUT2D eigenvalue weighted by Crippen LogP contribution is 2.19. The van der Waals surface area contributed by atoms with Gasteiger partial charge in [0.15, 0.2) is 0 Å². The van der Waals surface area contributed by atoms with Crippen molar-refractivity contribution in [1.29, 1.82) is 0 Å². The molecule has 0 spiro atoms. The van der Waals surface area contributed by atoms with Crippen LogP contribution in [-0.4, -0.2) is 12.6 Å². The molecular formula is C19H33N. The molecule has 0 fully saturated rings. The van der Waals surface area contributed by atoms with Gasteiger partial charge in [0.1, 0.15) is 0 Å². The summed E-state index contributed by atoms with van der Waals surface area (Å²) in [5.41, 5.74) is 4.29. The van der Waals surface area contributed by atoms with Crippen LogP contribution in [0, 0.1) is 19.8 Å². The van der Waals surface area contributed by atoms with Crippen LogP contribution >= 0.6 is 0 Å². The van der Waals surface area contributed by atoms with E-state index in [9.17, 15) is 0 Å². The zero-order chi connectivity index (χ0) is 15.0. The second-order valence-corrected chi connectivity index (χ2v) is 6.19. The van der Waals surface area contributed by atoms with Crippen molar-refractivity contribution in [2.45, 2.75) is 72.8 Å². The van der Waals surface area contributed by atoms with Crippen molar-refractivity contribution in [3.8, 4) is 0 Å². The van der Waals surface area contributed by atoms with Crippen molar-refractivity contribution in [3.05, 3.63) is 34.9 Å². The predicted molar refractivity (Wildman–Crippen MR) is 90.4 cm³/mol. The third-order valence-electron chi connectivity index (χ3n) is 4.51. The van der Waals surface area contributed by atoms with E-state index in [1.807, 2.05) is 0 Å². The van der Waals surface area contributed by atoms with Gasteiger partial charge in [-0.15, -0.1) is 0 Å². The number of rotatable bonds is 9. The molecule has 0 aromatic heterocycles. The first-order chi connectivity index (χ1) is 9.60. The monoisotopic (exact) mass is 275 g/mol. The molecule has 0 aliphatic rings. The number of hydrogen-bond donors (Lipinski definition) is 1. The Morgan fingerprint density at radius 2 is 1.70 bits per heavy atom. The van der Waals surface area contributed by atoms with Gasteiger partial charge < -0.3 is 5.32 Å². The lowest BCUT2D eigenvalue weighted by Crippen LogP contribution is -2.33. The smallest absolute Gasteiger partial charge is 0.0110 e. The van der Waals surface area contributed by atoms with Crippen molar-refractivity contribution in [2.75, 3.05) is 6.54 Å². The summed E-state index contributed by atoms with van der Waals surface area (Å²) in [6.07, 6.45) is 6.28. The average Bonchev–Trinajstić information content (AvgIpc) is 2.45. The largest absolute Gasteiger partial charge is 0.314 e. The molecule has 1 aromatic rings. The zero-order valence-electron chi connectivity index (χ0n) is 14.1. The van der Waals surface area contributed by atoms with Crippen LogP contribution in [0.15, 0.2) is 18.2 Å². The minimum atomic E-state index is 0.627. The number of nitrogens with one attached hydrogen (secondary N) is 1. The predicted octanol–water partition coefficient (Wildman–Crippen LogP) is 5.04. The van der Waals surface area contributed by atoms with Crippen molar-refractivity contribution < 1.29 is 0 Å². The molecule has 1 nitrogen and oxygen atoms in total. The van der Waals surface area contributed by atoms with Crippen LogP contribution in [0.4, 0.5) is 0 Å². The minimum absolute atomic E-state index is 0.627. The maximum Gasteiger partial charge on any atom is 0.0110 e. The van der Waals surface area contributed by atoms with E-state index in [1.165, 1.54) is 42.4 Å². The summed E-state index contributed by atoms with van der Waals surface area (Å²) in [4.78, 5) is 0. The summed E-state index contributed by atoms with van der Waals surface area (Å²) in [5, 5.41) is 3.75. The molecule has 0 amide bonds. The Kier molecular flexibility index (Phi) is 7.91. The molecule has 0 aliphatic carbocycles. The first-order valence-electron chi connectivity index (χ1n) is 8.40. The normalized spacial score (nSPS) is 12.9. The molecular weight excluding hydrogens is 242 g/mol. The van der Waals surface area contributed by atoms with E-state index < -0.39 is 0 Å². The van der Waals surface area contributed by atoms with Gasteiger partial charge in [-0.1, -0.05) is 51.8 Å². The Balaban J connectivity index is 2.69. The van der Waals surface area contributed by atoms with Crippen molar-refractivity contribution in [2.24, 2.45) is 5.92 Å². The highest BCUT2D eigenvalue weighted by atomic mass is 14.9. The van der Waals surface area contributed by atoms with Crippen LogP contribution in [0.2, 0.25) is 0 Å². The van der Waals surface area contributed by atoms with Crippen LogP contribution in [0.5, 0.6) is 0 Å². The number of aryl methyl sites for hydroxylation is 2. The molecule has 0 saturated carbocycles. The Bertz CT molecular complexity index is 379. The van der Waals surface area contributed by atoms with Gasteiger partial charge in [-0.3, -0.25) is 0 Å². The molecule has 1 heteroatoms. The van der Waals surface area contributed by atoms with Crippen LogP contribution in [-0.2, 0) is 6.42 Å². The molecule has 1 atom stereocenters. The number of benzene rings is 1. The quantitative estimate of drug-likeness (QED) is 0.665. The Labute approximate surface area is 126 Å². The van der Waals surface area contributed by atoms with Gasteiger partial charge in [0, 0.05) is 6.04 Å². The van der Waals surface area contributed by atoms with Gasteiger partial charge in [0.2, 0.25) is 0 Å². The fraction of sp³-hybridized carbons (Fsp3) is 0.684. The van der Waals surface area contributed by atoms with Crippen molar-refractivity contribution in [1.82, 2.24) is 5.32 Å². The summed E-state index contributed by atoms with van der Waals surface area (Å²) in [6.45, 7) is 12.4. The first kappa shape index (κ1) is 17.2. The van der Waals surface area contributed by atoms with Crippen molar-refractivity contribution >= 4 is 0 Å². The van der Waals surface area contributed by atoms with Crippen molar-refractivity contribution in [3.63, 3.8) is 0 Å². The fourth-order valence-electron chi connectivity index (χ4n) is 2.83. The van der Waals surface area contributed by atoms with E-state index in [0.29, 0.717) is 6.04 Å². The molecule has 0 saturated heterocycles. The van der Waals surface area contributed by atoms with Gasteiger partial charge in [0.05, 0.1) is 0 Å². The van der Waals surface area contributed by atoms with E-state index in [2.05, 4.69) is 58.1 Å². The van der Waals surface area contributed by atoms with Crippen LogP contribution in [0.3, 0.4) is 0 Å². The molecule has 0 aliphatic heterocycles. The highest BCUT2D eigenvalue weighted by Gasteiger charge is 2.14. The molecule has 1 aromatic carbocycles. The second-order valence-electron chi connectivity index (χ2n) is 6.19. The summed E-state index contributed by atoms with van der Waals surface area (Å²) >= 11 is 0. The van der Waals surface area contributed by atoms with E-state index in [0.717, 1.165) is 18.9 Å². The standard InChI is InChI=1S/C19H33N/c1-6-11-20-19(13-17(7-2)8-3)14-18-10-9-15(4)16(5)12-18/h9-10,12,17,19-20H,6-8,11,13-14H2,1-5H3. The fourth-order valence-corrected chi connectivity index (χ4v) is 2.83. The maximum atomic E-state index is 3.75. The van der Waals surface area contributed by atoms with Crippen LogP contribution in [0.25, 0.3) is 0 Å². The van der Waals surface area contributed by atoms with E-state index in [1.54, 1.807) is 0 Å². The van der Waals surface area contributed by atoms with Gasteiger partial charge >= 0.3 is 0 Å². The summed E-state index contributed by atoms with van der Waals surface area (Å²) in [5.74, 6) is 0.857. The highest BCUT2D eigenvalue weighted by molar-refractivity contribution is 5.30. The van der Waals surface area contributed by atoms with E-state index >= 15 is 0 Å². The third-order valence-corrected chi connectivity index (χ3v) is 4.51. The lowest BCUT2D eigenvalue weighted by molar-refractivity contribution is 0.363. The molecule has 0 bridgehead atoms. The van der Waals surface area contributed by atoms with Gasteiger partial charge in [0.25, 0.3) is 0 Å². The molecule has 1 unspecified atom stereocenters. The summed E-state index contributed by atoms with van der Waals surface area (Å²) in [6, 6.07) is 7.55. The minimum Gasteiger partial charge on any atom is -0.314 e. The van der Waals surface area contributed by atoms with Gasteiger partial charge in [-0.25, -0.2) is 0 Å². The molecule has 20 heavy (non-hydrogen) atoms. The molecule has 0 heterocycles. The molecule has 0 radical (unpaired) electrons. The summed E-state index contributed by atoms with van der Waals surface area (Å²) in [7, 11) is 0. The SMILES string of the molecule is CCCNC(Cc1ccc(C)c(C)c1)CC(CC)CC. The second kappa shape index (κ2) is 9.18. The van der Waals surface area contributed by atoms with Crippen LogP contribution < -0.4 is 5.32 Å². The Hall–Kier alpha value is -0.820. The molecule has 1 rings (SSSR count). The van der Waals surface area contributed by atoms with Gasteiger partial charge in [-0.05, 0) is 62.3 Å². The lowest BCUT2D eigenvalue weighted by Gasteiger charge is -2.23. The third kappa shape index (κ3) is 5.66. The molecule has 114 valence electrons. The van der Waals surface area contributed by atoms with Gasteiger partial charge in [-0.2, -0.15) is 0 Å². The topological polar surface area (TPSA) is 12.0 Å². The number of hydrogen-bond acceptors (Lipinski definition) is 1. The molecule has 1 N–H and O–H groups in total. The first-order valence-corrected chi connectivity index (χ1v) is 8.40. The average molecular weight is 275 g/mol. The lowest BCUT2D eigenvalue weighted by atomic mass is 9.90. The summed E-state index contributed by atoms with van der Waals surface area (Å²) < 4.78 is 0.